The maximum atomic E-state index is 15.7. The van der Waals surface area contributed by atoms with E-state index in [-0.39, 0.29) is 41.1 Å². The second-order valence-electron chi connectivity index (χ2n) is 10.8. The second kappa shape index (κ2) is 13.0. The summed E-state index contributed by atoms with van der Waals surface area (Å²) in [6.07, 6.45) is 6.56. The molecule has 2 aliphatic rings. The Kier molecular flexibility index (Phi) is 8.68. The first-order chi connectivity index (χ1) is 22.2. The quantitative estimate of drug-likeness (QED) is 0.196. The molecule has 0 saturated heterocycles. The van der Waals surface area contributed by atoms with Gasteiger partial charge < -0.3 is 9.94 Å². The van der Waals surface area contributed by atoms with Gasteiger partial charge in [-0.05, 0) is 65.2 Å². The van der Waals surface area contributed by atoms with Gasteiger partial charge in [0.1, 0.15) is 12.2 Å². The summed E-state index contributed by atoms with van der Waals surface area (Å²) in [6, 6.07) is 13.3. The van der Waals surface area contributed by atoms with Crippen LogP contribution in [0.5, 0.6) is 0 Å². The number of benzene rings is 2. The highest BCUT2D eigenvalue weighted by atomic mass is 35.5. The number of hydroxylamine groups is 2. The molecule has 0 spiro atoms. The van der Waals surface area contributed by atoms with E-state index >= 15 is 4.39 Å². The highest BCUT2D eigenvalue weighted by Gasteiger charge is 2.31. The summed E-state index contributed by atoms with van der Waals surface area (Å²) in [5.41, 5.74) is 2.90. The maximum absolute atomic E-state index is 15.7. The molecule has 234 valence electrons. The number of amides is 1. The van der Waals surface area contributed by atoms with Gasteiger partial charge in [0.05, 0.1) is 42.4 Å². The molecule has 1 amide bonds. The third-order valence-electron chi connectivity index (χ3n) is 7.89. The minimum absolute atomic E-state index is 0.0464. The number of pyridine rings is 1. The van der Waals surface area contributed by atoms with Crippen LogP contribution in [0.1, 0.15) is 42.9 Å². The number of allylic oxidation sites excluding steroid dienone is 2. The van der Waals surface area contributed by atoms with Gasteiger partial charge in [0.15, 0.2) is 11.9 Å². The number of rotatable bonds is 5. The Labute approximate surface area is 266 Å². The van der Waals surface area contributed by atoms with Crippen LogP contribution in [0.15, 0.2) is 89.7 Å². The predicted octanol–water partition coefficient (Wildman–Crippen LogP) is 3.39. The molecule has 0 aliphatic carbocycles. The summed E-state index contributed by atoms with van der Waals surface area (Å²) in [4.78, 5) is 29.0. The summed E-state index contributed by atoms with van der Waals surface area (Å²) >= 11 is 6.30. The van der Waals surface area contributed by atoms with Crippen molar-refractivity contribution in [3.63, 3.8) is 0 Å². The van der Waals surface area contributed by atoms with E-state index in [0.29, 0.717) is 61.7 Å². The average Bonchev–Trinajstić information content (AvgIpc) is 3.57. The smallest absolute Gasteiger partial charge is 0.309 e. The Morgan fingerprint density at radius 1 is 1.20 bits per heavy atom. The molecule has 1 unspecified atom stereocenters. The Hall–Kier alpha value is -5.27. The van der Waals surface area contributed by atoms with Crippen LogP contribution in [-0.4, -0.2) is 49.5 Å². The molecular formula is C32H27ClFN7O5. The minimum Gasteiger partial charge on any atom is -0.618 e. The molecule has 46 heavy (non-hydrogen) atoms. The number of hydrogen-bond donors (Lipinski definition) is 1. The summed E-state index contributed by atoms with van der Waals surface area (Å²) < 4.78 is 22.6. The van der Waals surface area contributed by atoms with Crippen LogP contribution in [0.3, 0.4) is 0 Å². The number of esters is 1. The standard InChI is InChI=1S/C32H27ClFN7O5/c1-46-32(43)13-19-6-9-23-27(12-19)36-31(42)5-3-2-4-22(25-15-30(23)41(45)17-26(25)34)29-10-7-20(16-40(29)44)24-14-21(33)8-11-28(24)39-18-35-37-38-39/h6-12,14-18,22,45H,2-5,13H2,1H3. The van der Waals surface area contributed by atoms with Crippen molar-refractivity contribution in [3.05, 3.63) is 117 Å². The largest absolute Gasteiger partial charge is 0.618 e. The molecule has 1 N–H and O–H groups in total. The SMILES string of the molecule is COC(=O)Cc1ccc2c(c1)=NC(=O)CCCCC(c1ccc(-c3cc(Cl)ccc3-n3cnnn3)c[n+]1[O-])C1=CC=2N(O)C=C1F. The van der Waals surface area contributed by atoms with Gasteiger partial charge in [0, 0.05) is 39.4 Å². The Bertz CT molecular complexity index is 2030. The van der Waals surface area contributed by atoms with Crippen molar-refractivity contribution >= 4 is 29.2 Å². The van der Waals surface area contributed by atoms with E-state index in [0.717, 1.165) is 6.20 Å². The topological polar surface area (TPSA) is 150 Å². The van der Waals surface area contributed by atoms with Crippen LogP contribution in [0, 0.1) is 5.21 Å². The monoisotopic (exact) mass is 643 g/mol. The lowest BCUT2D eigenvalue weighted by atomic mass is 9.86. The number of nitrogens with zero attached hydrogens (tertiary/aromatic N) is 7. The molecule has 1 atom stereocenters. The minimum atomic E-state index is -0.724. The second-order valence-corrected chi connectivity index (χ2v) is 11.2. The number of methoxy groups -OCH3 is 1. The maximum Gasteiger partial charge on any atom is 0.309 e. The van der Waals surface area contributed by atoms with Crippen LogP contribution < -0.4 is 15.3 Å². The van der Waals surface area contributed by atoms with E-state index in [2.05, 4.69) is 20.5 Å². The van der Waals surface area contributed by atoms with Crippen molar-refractivity contribution in [2.45, 2.75) is 38.0 Å². The lowest BCUT2D eigenvalue weighted by molar-refractivity contribution is -0.614. The summed E-state index contributed by atoms with van der Waals surface area (Å²) in [5, 5.41) is 37.4. The van der Waals surface area contributed by atoms with Gasteiger partial charge in [-0.1, -0.05) is 30.2 Å². The zero-order valence-electron chi connectivity index (χ0n) is 24.5. The molecule has 6 rings (SSSR count). The van der Waals surface area contributed by atoms with Crippen LogP contribution in [-0.2, 0) is 20.7 Å². The number of ether oxygens (including phenoxy) is 1. The number of hydrogen-bond acceptors (Lipinski definition) is 9. The number of tetrazole rings is 1. The van der Waals surface area contributed by atoms with Crippen molar-refractivity contribution < 1.29 is 28.7 Å². The predicted molar refractivity (Wildman–Crippen MR) is 162 cm³/mol. The highest BCUT2D eigenvalue weighted by Crippen LogP contribution is 2.38. The van der Waals surface area contributed by atoms with E-state index in [1.54, 1.807) is 48.5 Å². The molecule has 2 aromatic carbocycles. The Morgan fingerprint density at radius 3 is 2.80 bits per heavy atom. The molecule has 0 saturated carbocycles. The summed E-state index contributed by atoms with van der Waals surface area (Å²) in [7, 11) is 1.28. The van der Waals surface area contributed by atoms with E-state index in [9.17, 15) is 20.0 Å². The molecule has 2 bridgehead atoms. The van der Waals surface area contributed by atoms with Gasteiger partial charge in [0.25, 0.3) is 0 Å². The molecule has 4 heterocycles. The summed E-state index contributed by atoms with van der Waals surface area (Å²) in [6.45, 7) is 0. The fraction of sp³-hybridized carbons (Fsp3) is 0.219. The molecule has 4 aromatic rings. The van der Waals surface area contributed by atoms with E-state index in [1.165, 1.54) is 30.4 Å². The van der Waals surface area contributed by atoms with Gasteiger partial charge in [0.2, 0.25) is 5.91 Å². The molecule has 2 aliphatic heterocycles. The van der Waals surface area contributed by atoms with Gasteiger partial charge in [-0.25, -0.2) is 14.4 Å². The van der Waals surface area contributed by atoms with Gasteiger partial charge in [-0.15, -0.1) is 5.10 Å². The first kappa shape index (κ1) is 30.7. The van der Waals surface area contributed by atoms with Crippen molar-refractivity contribution in [1.29, 1.82) is 0 Å². The third-order valence-corrected chi connectivity index (χ3v) is 8.12. The number of carbonyl (C=O) groups is 2. The van der Waals surface area contributed by atoms with Gasteiger partial charge in [-0.3, -0.25) is 14.8 Å². The molecule has 0 fully saturated rings. The van der Waals surface area contributed by atoms with Crippen LogP contribution >= 0.6 is 11.6 Å². The van der Waals surface area contributed by atoms with E-state index < -0.39 is 17.7 Å². The number of carbonyl (C=O) groups excluding carboxylic acids is 2. The van der Waals surface area contributed by atoms with E-state index in [1.807, 2.05) is 0 Å². The fourth-order valence-corrected chi connectivity index (χ4v) is 5.82. The lowest BCUT2D eigenvalue weighted by Gasteiger charge is -2.25. The van der Waals surface area contributed by atoms with Crippen molar-refractivity contribution in [2.24, 2.45) is 4.99 Å². The van der Waals surface area contributed by atoms with Crippen LogP contribution in [0.2, 0.25) is 5.02 Å². The molecule has 14 heteroatoms. The van der Waals surface area contributed by atoms with Gasteiger partial charge >= 0.3 is 5.97 Å². The fourth-order valence-electron chi connectivity index (χ4n) is 5.65. The first-order valence-electron chi connectivity index (χ1n) is 14.4. The van der Waals surface area contributed by atoms with Crippen molar-refractivity contribution in [2.75, 3.05) is 7.11 Å². The Morgan fingerprint density at radius 2 is 2.04 bits per heavy atom. The van der Waals surface area contributed by atoms with Gasteiger partial charge in [-0.2, -0.15) is 9.41 Å². The summed E-state index contributed by atoms with van der Waals surface area (Å²) in [5.74, 6) is -2.30. The highest BCUT2D eigenvalue weighted by molar-refractivity contribution is 6.31. The molecule has 12 nitrogen and oxygen atoms in total. The third kappa shape index (κ3) is 6.28. The van der Waals surface area contributed by atoms with Crippen LogP contribution in [0.25, 0.3) is 22.5 Å². The average molecular weight is 644 g/mol. The Balaban J connectivity index is 1.48. The zero-order valence-corrected chi connectivity index (χ0v) is 25.3. The first-order valence-corrected chi connectivity index (χ1v) is 14.7. The molecule has 0 radical (unpaired) electrons. The van der Waals surface area contributed by atoms with E-state index in [4.69, 9.17) is 16.3 Å². The molecule has 2 aromatic heterocycles. The normalized spacial score (nSPS) is 16.8. The van der Waals surface area contributed by atoms with Crippen molar-refractivity contribution in [3.8, 4) is 16.8 Å². The molecular weight excluding hydrogens is 617 g/mol. The lowest BCUT2D eigenvalue weighted by Crippen LogP contribution is -2.36. The number of halogens is 2. The number of fused-ring (bicyclic) bond motifs is 2. The number of aromatic nitrogens is 5. The van der Waals surface area contributed by atoms with Crippen LogP contribution in [0.4, 0.5) is 4.39 Å². The van der Waals surface area contributed by atoms with Crippen molar-refractivity contribution in [1.82, 2.24) is 25.3 Å². The zero-order chi connectivity index (χ0) is 32.4.